The van der Waals surface area contributed by atoms with Gasteiger partial charge in [-0.1, -0.05) is 30.3 Å². The molecule has 0 saturated carbocycles. The van der Waals surface area contributed by atoms with E-state index in [1.54, 1.807) is 37.3 Å². The van der Waals surface area contributed by atoms with E-state index in [2.05, 4.69) is 20.6 Å². The number of ether oxygens (including phenoxy) is 2. The maximum atomic E-state index is 13.2. The summed E-state index contributed by atoms with van der Waals surface area (Å²) in [6, 6.07) is 15.5. The number of nitrogens with two attached hydrogens (primary N) is 1. The Morgan fingerprint density at radius 2 is 1.62 bits per heavy atom. The van der Waals surface area contributed by atoms with Crippen molar-refractivity contribution in [2.24, 2.45) is 0 Å². The Morgan fingerprint density at radius 1 is 0.946 bits per heavy atom. The summed E-state index contributed by atoms with van der Waals surface area (Å²) in [5.74, 6) is -0.657. The monoisotopic (exact) mass is 511 g/mol. The molecular weight excluding hydrogens is 487 g/mol. The quantitative estimate of drug-likeness (QED) is 0.268. The zero-order valence-corrected chi connectivity index (χ0v) is 20.2. The summed E-state index contributed by atoms with van der Waals surface area (Å²) < 4.78 is 50.8. The minimum absolute atomic E-state index is 0.00357. The number of anilines is 3. The first-order valence-corrected chi connectivity index (χ1v) is 11.2. The molecule has 1 heterocycles. The molecule has 0 radical (unpaired) electrons. The number of methoxy groups -OCH3 is 1. The fourth-order valence-electron chi connectivity index (χ4n) is 3.75. The molecule has 0 spiro atoms. The number of fused-ring (bicyclic) bond motifs is 1. The van der Waals surface area contributed by atoms with E-state index in [9.17, 15) is 18.0 Å². The van der Waals surface area contributed by atoms with Crippen molar-refractivity contribution in [3.05, 3.63) is 71.9 Å². The van der Waals surface area contributed by atoms with Gasteiger partial charge < -0.3 is 25.8 Å². The standard InChI is InChI=1S/C26H24F3N5O3/c1-14-12-23(34-24(30)31-14)37-21-11-9-19(17-6-4-5-7-18(17)21)32-25(35)33-20-13-16(8-10-22(20)36-3)15(2)26(27,28)29/h4-13,15H,1-3H3,(H2,30,31,34)(H2,32,33,35). The molecule has 11 heteroatoms. The molecule has 0 aliphatic rings. The molecule has 4 N–H and O–H groups in total. The van der Waals surface area contributed by atoms with Gasteiger partial charge in [0.25, 0.3) is 0 Å². The number of nitrogens with one attached hydrogen (secondary N) is 2. The lowest BCUT2D eigenvalue weighted by Gasteiger charge is -2.19. The van der Waals surface area contributed by atoms with Crippen molar-refractivity contribution in [2.45, 2.75) is 25.9 Å². The van der Waals surface area contributed by atoms with Gasteiger partial charge in [0.15, 0.2) is 0 Å². The van der Waals surface area contributed by atoms with Crippen molar-refractivity contribution < 1.29 is 27.4 Å². The van der Waals surface area contributed by atoms with Gasteiger partial charge in [-0.2, -0.15) is 18.2 Å². The lowest BCUT2D eigenvalue weighted by Crippen LogP contribution is -2.21. The van der Waals surface area contributed by atoms with E-state index in [0.29, 0.717) is 27.9 Å². The topological polar surface area (TPSA) is 111 Å². The number of alkyl halides is 3. The van der Waals surface area contributed by atoms with Gasteiger partial charge in [-0.25, -0.2) is 9.78 Å². The second kappa shape index (κ2) is 10.2. The highest BCUT2D eigenvalue weighted by atomic mass is 19.4. The van der Waals surface area contributed by atoms with E-state index in [1.807, 2.05) is 12.1 Å². The summed E-state index contributed by atoms with van der Waals surface area (Å²) in [5.41, 5.74) is 6.92. The Labute approximate surface area is 210 Å². The van der Waals surface area contributed by atoms with Crippen molar-refractivity contribution in [1.29, 1.82) is 0 Å². The number of aryl methyl sites for hydroxylation is 1. The molecule has 0 fully saturated rings. The molecule has 1 unspecified atom stereocenters. The lowest BCUT2D eigenvalue weighted by atomic mass is 10.00. The number of benzene rings is 3. The van der Waals surface area contributed by atoms with Gasteiger partial charge in [0.1, 0.15) is 11.5 Å². The van der Waals surface area contributed by atoms with E-state index in [0.717, 1.165) is 6.92 Å². The van der Waals surface area contributed by atoms with Crippen LogP contribution in [0.5, 0.6) is 17.4 Å². The van der Waals surface area contributed by atoms with Crippen LogP contribution < -0.4 is 25.8 Å². The van der Waals surface area contributed by atoms with Gasteiger partial charge in [-0.3, -0.25) is 0 Å². The first kappa shape index (κ1) is 25.5. The Morgan fingerprint density at radius 3 is 2.30 bits per heavy atom. The van der Waals surface area contributed by atoms with Crippen LogP contribution in [0.15, 0.2) is 60.7 Å². The molecule has 4 rings (SSSR count). The van der Waals surface area contributed by atoms with Crippen molar-refractivity contribution in [3.63, 3.8) is 0 Å². The summed E-state index contributed by atoms with van der Waals surface area (Å²) >= 11 is 0. The van der Waals surface area contributed by atoms with Gasteiger partial charge in [0.2, 0.25) is 11.8 Å². The zero-order valence-electron chi connectivity index (χ0n) is 20.2. The van der Waals surface area contributed by atoms with Crippen LogP contribution in [0.4, 0.5) is 35.3 Å². The Hall–Kier alpha value is -4.54. The zero-order chi connectivity index (χ0) is 26.7. The maximum Gasteiger partial charge on any atom is 0.395 e. The van der Waals surface area contributed by atoms with E-state index in [4.69, 9.17) is 15.2 Å². The van der Waals surface area contributed by atoms with E-state index < -0.39 is 18.1 Å². The Balaban J connectivity index is 1.60. The van der Waals surface area contributed by atoms with Gasteiger partial charge >= 0.3 is 12.2 Å². The van der Waals surface area contributed by atoms with Gasteiger partial charge in [-0.15, -0.1) is 0 Å². The van der Waals surface area contributed by atoms with Crippen molar-refractivity contribution in [2.75, 3.05) is 23.5 Å². The van der Waals surface area contributed by atoms with E-state index in [1.165, 1.54) is 25.3 Å². The van der Waals surface area contributed by atoms with Crippen molar-refractivity contribution in [3.8, 4) is 17.4 Å². The van der Waals surface area contributed by atoms with Crippen molar-refractivity contribution >= 4 is 34.1 Å². The van der Waals surface area contributed by atoms with Crippen LogP contribution in [0.2, 0.25) is 0 Å². The van der Waals surface area contributed by atoms with Crippen LogP contribution in [-0.4, -0.2) is 29.3 Å². The molecule has 2 amide bonds. The predicted octanol–water partition coefficient (Wildman–Crippen LogP) is 6.63. The van der Waals surface area contributed by atoms with Gasteiger partial charge in [0.05, 0.1) is 24.4 Å². The molecular formula is C26H24F3N5O3. The highest BCUT2D eigenvalue weighted by molar-refractivity contribution is 6.08. The van der Waals surface area contributed by atoms with Crippen LogP contribution in [0.3, 0.4) is 0 Å². The van der Waals surface area contributed by atoms with Gasteiger partial charge in [0, 0.05) is 22.5 Å². The fourth-order valence-corrected chi connectivity index (χ4v) is 3.75. The number of halogens is 3. The molecule has 8 nitrogen and oxygen atoms in total. The number of hydrogen-bond donors (Lipinski definition) is 3. The van der Waals surface area contributed by atoms with Gasteiger partial charge in [-0.05, 0) is 43.7 Å². The number of nitrogens with zero attached hydrogens (tertiary/aromatic N) is 2. The predicted molar refractivity (Wildman–Crippen MR) is 135 cm³/mol. The maximum absolute atomic E-state index is 13.2. The third kappa shape index (κ3) is 5.83. The molecule has 37 heavy (non-hydrogen) atoms. The van der Waals surface area contributed by atoms with Crippen LogP contribution >= 0.6 is 0 Å². The van der Waals surface area contributed by atoms with Crippen LogP contribution in [-0.2, 0) is 0 Å². The minimum atomic E-state index is -4.42. The molecule has 0 bridgehead atoms. The smallest absolute Gasteiger partial charge is 0.395 e. The first-order chi connectivity index (χ1) is 17.5. The Kier molecular flexibility index (Phi) is 7.05. The normalized spacial score (nSPS) is 12.2. The molecule has 1 atom stereocenters. The number of carbonyl (C=O) groups is 1. The van der Waals surface area contributed by atoms with Crippen LogP contribution in [0, 0.1) is 6.92 Å². The van der Waals surface area contributed by atoms with Crippen LogP contribution in [0.1, 0.15) is 24.1 Å². The number of hydrogen-bond acceptors (Lipinski definition) is 6. The summed E-state index contributed by atoms with van der Waals surface area (Å²) in [5, 5.41) is 6.68. The molecule has 192 valence electrons. The number of aromatic nitrogens is 2. The minimum Gasteiger partial charge on any atom is -0.495 e. The number of amides is 2. The van der Waals surface area contributed by atoms with E-state index >= 15 is 0 Å². The summed E-state index contributed by atoms with van der Waals surface area (Å²) in [4.78, 5) is 21.0. The number of carbonyl (C=O) groups excluding carboxylic acids is 1. The highest BCUT2D eigenvalue weighted by Crippen LogP contribution is 2.38. The van der Waals surface area contributed by atoms with Crippen LogP contribution in [0.25, 0.3) is 10.8 Å². The molecule has 0 aliphatic heterocycles. The molecule has 0 aliphatic carbocycles. The average Bonchev–Trinajstić information content (AvgIpc) is 2.84. The summed E-state index contributed by atoms with van der Waals surface area (Å²) in [6.07, 6.45) is -4.42. The molecule has 0 saturated heterocycles. The molecule has 4 aromatic rings. The summed E-state index contributed by atoms with van der Waals surface area (Å²) in [6.45, 7) is 2.82. The largest absolute Gasteiger partial charge is 0.495 e. The van der Waals surface area contributed by atoms with E-state index in [-0.39, 0.29) is 28.8 Å². The fraction of sp³-hybridized carbons (Fsp3) is 0.192. The highest BCUT2D eigenvalue weighted by Gasteiger charge is 2.37. The molecule has 3 aromatic carbocycles. The average molecular weight is 512 g/mol. The van der Waals surface area contributed by atoms with Crippen molar-refractivity contribution in [1.82, 2.24) is 9.97 Å². The lowest BCUT2D eigenvalue weighted by molar-refractivity contribution is -0.146. The third-order valence-corrected chi connectivity index (χ3v) is 5.66. The Bertz CT molecular complexity index is 1440. The second-order valence-electron chi connectivity index (χ2n) is 8.27. The number of nitrogen functional groups attached to an aromatic ring is 1. The number of rotatable bonds is 6. The summed E-state index contributed by atoms with van der Waals surface area (Å²) in [7, 11) is 1.37. The first-order valence-electron chi connectivity index (χ1n) is 11.2. The molecule has 1 aromatic heterocycles. The number of urea groups is 1. The third-order valence-electron chi connectivity index (χ3n) is 5.66. The SMILES string of the molecule is COc1ccc(C(C)C(F)(F)F)cc1NC(=O)Nc1ccc(Oc2cc(C)nc(N)n2)c2ccccc12. The second-order valence-corrected chi connectivity index (χ2v) is 8.27.